The van der Waals surface area contributed by atoms with Gasteiger partial charge in [0.15, 0.2) is 0 Å². The molecule has 71 heavy (non-hydrogen) atoms. The summed E-state index contributed by atoms with van der Waals surface area (Å²) < 4.78 is 5.49. The molecule has 0 bridgehead atoms. The fraction of sp³-hybridized carbons (Fsp3) is 0.969. The molecule has 0 radical (unpaired) electrons. The number of carbonyl (C=O) groups excluding carboxylic acids is 2. The minimum atomic E-state index is -0.657. The Kier molecular flexibility index (Phi) is 60.4. The van der Waals surface area contributed by atoms with E-state index < -0.39 is 12.1 Å². The molecule has 6 heteroatoms. The highest BCUT2D eigenvalue weighted by Crippen LogP contribution is 2.19. The molecule has 0 fully saturated rings. The molecule has 2 unspecified atom stereocenters. The van der Waals surface area contributed by atoms with Gasteiger partial charge < -0.3 is 20.3 Å². The summed E-state index contributed by atoms with van der Waals surface area (Å²) in [5.41, 5.74) is 0. The van der Waals surface area contributed by atoms with E-state index in [0.717, 1.165) is 38.5 Å². The summed E-state index contributed by atoms with van der Waals surface area (Å²) in [6, 6.07) is -0.534. The molecular formula is C65H129NO5. The van der Waals surface area contributed by atoms with Crippen LogP contribution >= 0.6 is 0 Å². The van der Waals surface area contributed by atoms with Gasteiger partial charge in [-0.2, -0.15) is 0 Å². The van der Waals surface area contributed by atoms with Crippen LogP contribution in [0.4, 0.5) is 0 Å². The van der Waals surface area contributed by atoms with E-state index in [1.807, 2.05) is 0 Å². The van der Waals surface area contributed by atoms with Crippen LogP contribution in [0.1, 0.15) is 380 Å². The van der Waals surface area contributed by atoms with Crippen molar-refractivity contribution in [3.8, 4) is 0 Å². The number of esters is 1. The summed E-state index contributed by atoms with van der Waals surface area (Å²) in [5, 5.41) is 23.1. The van der Waals surface area contributed by atoms with Gasteiger partial charge in [-0.1, -0.05) is 341 Å². The zero-order chi connectivity index (χ0) is 51.4. The Morgan fingerprint density at radius 2 is 0.577 bits per heavy atom. The Morgan fingerprint density at radius 1 is 0.338 bits per heavy atom. The Hall–Kier alpha value is -1.14. The van der Waals surface area contributed by atoms with E-state index in [0.29, 0.717) is 25.9 Å². The van der Waals surface area contributed by atoms with Gasteiger partial charge in [0, 0.05) is 12.8 Å². The third-order valence-corrected chi connectivity index (χ3v) is 15.7. The summed E-state index contributed by atoms with van der Waals surface area (Å²) in [4.78, 5) is 24.5. The number of hydrogen-bond acceptors (Lipinski definition) is 5. The van der Waals surface area contributed by atoms with E-state index in [4.69, 9.17) is 4.74 Å². The van der Waals surface area contributed by atoms with Crippen molar-refractivity contribution in [2.75, 3.05) is 13.2 Å². The molecule has 424 valence electrons. The van der Waals surface area contributed by atoms with E-state index in [9.17, 15) is 19.8 Å². The summed E-state index contributed by atoms with van der Waals surface area (Å²) in [7, 11) is 0. The number of ether oxygens (including phenoxy) is 1. The molecular weight excluding hydrogens is 875 g/mol. The first-order valence-electron chi connectivity index (χ1n) is 32.8. The highest BCUT2D eigenvalue weighted by molar-refractivity contribution is 5.76. The van der Waals surface area contributed by atoms with Gasteiger partial charge in [-0.25, -0.2) is 0 Å². The first-order chi connectivity index (χ1) is 35.0. The number of hydrogen-bond donors (Lipinski definition) is 3. The van der Waals surface area contributed by atoms with Gasteiger partial charge in [0.1, 0.15) is 0 Å². The number of unbranched alkanes of at least 4 members (excludes halogenated alkanes) is 51. The van der Waals surface area contributed by atoms with Crippen molar-refractivity contribution >= 4 is 11.9 Å². The second-order valence-corrected chi connectivity index (χ2v) is 22.8. The zero-order valence-corrected chi connectivity index (χ0v) is 48.5. The van der Waals surface area contributed by atoms with E-state index in [2.05, 4.69) is 19.2 Å². The molecule has 0 rings (SSSR count). The van der Waals surface area contributed by atoms with Crippen LogP contribution in [0.15, 0.2) is 0 Å². The standard InChI is InChI=1S/C65H129NO5/c1-3-5-7-9-11-13-14-35-39-43-47-51-55-59-65(70)71-60-56-52-48-44-40-37-34-32-30-28-26-24-22-20-18-16-15-17-19-21-23-25-27-29-31-33-36-38-42-46-50-54-58-64(69)66-62(61-67)63(68)57-53-49-45-41-12-10-8-6-4-2/h62-63,67-68H,3-61H2,1-2H3,(H,66,69). The summed E-state index contributed by atoms with van der Waals surface area (Å²) in [6.07, 6.45) is 73.0. The normalized spacial score (nSPS) is 12.5. The monoisotopic (exact) mass is 1000 g/mol. The molecule has 1 amide bonds. The van der Waals surface area contributed by atoms with Crippen LogP contribution < -0.4 is 5.32 Å². The summed E-state index contributed by atoms with van der Waals surface area (Å²) in [5.74, 6) is -0.00721. The summed E-state index contributed by atoms with van der Waals surface area (Å²) >= 11 is 0. The van der Waals surface area contributed by atoms with Gasteiger partial charge in [-0.3, -0.25) is 9.59 Å². The molecule has 2 atom stereocenters. The van der Waals surface area contributed by atoms with Crippen LogP contribution in [0.25, 0.3) is 0 Å². The van der Waals surface area contributed by atoms with Gasteiger partial charge in [-0.05, 0) is 25.7 Å². The average Bonchev–Trinajstić information content (AvgIpc) is 3.37. The van der Waals surface area contributed by atoms with Crippen LogP contribution in [-0.2, 0) is 14.3 Å². The lowest BCUT2D eigenvalue weighted by atomic mass is 10.0. The number of aliphatic hydroxyl groups is 2. The Bertz CT molecular complexity index is 1020. The Morgan fingerprint density at radius 3 is 0.859 bits per heavy atom. The minimum absolute atomic E-state index is 0.0235. The first-order valence-corrected chi connectivity index (χ1v) is 32.8. The maximum atomic E-state index is 12.4. The smallest absolute Gasteiger partial charge is 0.305 e. The molecule has 0 aliphatic heterocycles. The van der Waals surface area contributed by atoms with Gasteiger partial charge >= 0.3 is 5.97 Å². The lowest BCUT2D eigenvalue weighted by Crippen LogP contribution is -2.45. The number of amides is 1. The molecule has 0 aliphatic rings. The van der Waals surface area contributed by atoms with Gasteiger partial charge in [0.25, 0.3) is 0 Å². The largest absolute Gasteiger partial charge is 0.466 e. The fourth-order valence-corrected chi connectivity index (χ4v) is 10.6. The molecule has 0 aromatic carbocycles. The second kappa shape index (κ2) is 61.4. The topological polar surface area (TPSA) is 95.9 Å². The van der Waals surface area contributed by atoms with Crippen molar-refractivity contribution < 1.29 is 24.5 Å². The quantitative estimate of drug-likeness (QED) is 0.0417. The first kappa shape index (κ1) is 69.9. The van der Waals surface area contributed by atoms with Gasteiger partial charge in [0.2, 0.25) is 5.91 Å². The molecule has 6 nitrogen and oxygen atoms in total. The molecule has 0 aromatic rings. The SMILES string of the molecule is CCCCCCCCCCCCCCCC(=O)OCCCCCCCCCCCCCCCCCCCCCCCCCCCCCCCCCCC(=O)NC(CO)C(O)CCCCCCCCCCC. The summed E-state index contributed by atoms with van der Waals surface area (Å²) in [6.45, 7) is 4.97. The van der Waals surface area contributed by atoms with E-state index in [1.54, 1.807) is 0 Å². The molecule has 0 saturated heterocycles. The molecule has 0 spiro atoms. The zero-order valence-electron chi connectivity index (χ0n) is 48.5. The predicted molar refractivity (Wildman–Crippen MR) is 310 cm³/mol. The van der Waals surface area contributed by atoms with Crippen molar-refractivity contribution in [1.29, 1.82) is 0 Å². The van der Waals surface area contributed by atoms with Crippen molar-refractivity contribution in [3.05, 3.63) is 0 Å². The van der Waals surface area contributed by atoms with E-state index >= 15 is 0 Å². The third-order valence-electron chi connectivity index (χ3n) is 15.7. The molecule has 0 aromatic heterocycles. The highest BCUT2D eigenvalue weighted by atomic mass is 16.5. The molecule has 3 N–H and O–H groups in total. The number of carbonyl (C=O) groups is 2. The van der Waals surface area contributed by atoms with Crippen molar-refractivity contribution in [2.24, 2.45) is 0 Å². The van der Waals surface area contributed by atoms with Gasteiger partial charge in [-0.15, -0.1) is 0 Å². The Balaban J connectivity index is 3.27. The van der Waals surface area contributed by atoms with E-state index in [1.165, 1.54) is 308 Å². The lowest BCUT2D eigenvalue weighted by Gasteiger charge is -2.22. The molecule has 0 aliphatic carbocycles. The predicted octanol–water partition coefficient (Wildman–Crippen LogP) is 20.6. The minimum Gasteiger partial charge on any atom is -0.466 e. The third kappa shape index (κ3) is 58.0. The fourth-order valence-electron chi connectivity index (χ4n) is 10.6. The van der Waals surface area contributed by atoms with Crippen LogP contribution in [0, 0.1) is 0 Å². The van der Waals surface area contributed by atoms with E-state index in [-0.39, 0.29) is 18.5 Å². The maximum absolute atomic E-state index is 12.4. The van der Waals surface area contributed by atoms with Gasteiger partial charge in [0.05, 0.1) is 25.4 Å². The average molecular weight is 1000 g/mol. The van der Waals surface area contributed by atoms with Crippen LogP contribution in [-0.4, -0.2) is 47.4 Å². The number of rotatable bonds is 62. The van der Waals surface area contributed by atoms with Crippen LogP contribution in [0.3, 0.4) is 0 Å². The molecule has 0 heterocycles. The highest BCUT2D eigenvalue weighted by Gasteiger charge is 2.20. The Labute approximate surface area is 445 Å². The van der Waals surface area contributed by atoms with Crippen molar-refractivity contribution in [1.82, 2.24) is 5.32 Å². The number of nitrogens with one attached hydrogen (secondary N) is 1. The van der Waals surface area contributed by atoms with Crippen molar-refractivity contribution in [3.63, 3.8) is 0 Å². The van der Waals surface area contributed by atoms with Crippen LogP contribution in [0.5, 0.6) is 0 Å². The number of aliphatic hydroxyl groups excluding tert-OH is 2. The van der Waals surface area contributed by atoms with Crippen molar-refractivity contribution in [2.45, 2.75) is 392 Å². The maximum Gasteiger partial charge on any atom is 0.305 e. The second-order valence-electron chi connectivity index (χ2n) is 22.8. The van der Waals surface area contributed by atoms with Crippen LogP contribution in [0.2, 0.25) is 0 Å². The molecule has 0 saturated carbocycles. The lowest BCUT2D eigenvalue weighted by molar-refractivity contribution is -0.143.